The number of nitrogens with zero attached hydrogens (tertiary/aromatic N) is 1. The number of carboxylic acid groups (broad SMARTS) is 1. The summed E-state index contributed by atoms with van der Waals surface area (Å²) in [7, 11) is 1.59. The molecule has 7 atom stereocenters. The second kappa shape index (κ2) is 12.6. The Morgan fingerprint density at radius 1 is 1.02 bits per heavy atom. The van der Waals surface area contributed by atoms with Crippen LogP contribution in [0.2, 0.25) is 10.0 Å². The predicted octanol–water partition coefficient (Wildman–Crippen LogP) is 6.45. The Morgan fingerprint density at radius 2 is 1.80 bits per heavy atom. The number of methoxy groups -OCH3 is 1. The molecule has 46 heavy (non-hydrogen) atoms. The summed E-state index contributed by atoms with van der Waals surface area (Å²) < 4.78 is 11.9. The number of fused-ring (bicyclic) bond motifs is 9. The highest BCUT2D eigenvalue weighted by molar-refractivity contribution is 8.00. The van der Waals surface area contributed by atoms with Gasteiger partial charge in [0.25, 0.3) is 0 Å². The molecule has 2 bridgehead atoms. The fraction of sp³-hybridized carbons (Fsp3) is 0.455. The average molecular weight is 704 g/mol. The number of aromatic nitrogens is 1. The number of aliphatic carboxylic acids is 1. The van der Waals surface area contributed by atoms with Crippen molar-refractivity contribution in [2.45, 2.75) is 54.9 Å². The zero-order chi connectivity index (χ0) is 32.3. The van der Waals surface area contributed by atoms with Crippen molar-refractivity contribution < 1.29 is 29.0 Å². The van der Waals surface area contributed by atoms with Gasteiger partial charge in [0.2, 0.25) is 11.8 Å². The van der Waals surface area contributed by atoms with Gasteiger partial charge in [-0.05, 0) is 66.8 Å². The number of carboxylic acids is 1. The van der Waals surface area contributed by atoms with Gasteiger partial charge in [-0.3, -0.25) is 24.1 Å². The minimum Gasteiger partial charge on any atom is -0.493 e. The maximum atomic E-state index is 13.8. The normalized spacial score (nSPS) is 27.5. The Morgan fingerprint density at radius 3 is 2.54 bits per heavy atom. The van der Waals surface area contributed by atoms with Crippen LogP contribution in [0, 0.1) is 29.6 Å². The van der Waals surface area contributed by atoms with Crippen LogP contribution >= 0.6 is 46.3 Å². The molecule has 3 aromatic rings. The van der Waals surface area contributed by atoms with Gasteiger partial charge in [0.1, 0.15) is 6.61 Å². The zero-order valence-corrected chi connectivity index (χ0v) is 28.0. The number of nitrogens with one attached hydrogen (secondary N) is 1. The Bertz CT molecular complexity index is 1780. The highest BCUT2D eigenvalue weighted by Gasteiger charge is 2.69. The number of thiazole rings is 1. The van der Waals surface area contributed by atoms with Crippen molar-refractivity contribution in [2.75, 3.05) is 13.7 Å². The molecule has 2 aliphatic carbocycles. The molecular formula is C33H32Cl2N2O7S2. The molecule has 0 spiro atoms. The minimum atomic E-state index is -0.841. The number of imide groups is 1. The number of thioether (sulfide) groups is 1. The molecule has 3 heterocycles. The van der Waals surface area contributed by atoms with E-state index in [4.69, 9.17) is 37.8 Å². The summed E-state index contributed by atoms with van der Waals surface area (Å²) in [4.78, 5) is 56.3. The zero-order valence-electron chi connectivity index (χ0n) is 24.9. The van der Waals surface area contributed by atoms with E-state index in [2.05, 4.69) is 4.98 Å². The number of carbonyl (C=O) groups is 3. The van der Waals surface area contributed by atoms with E-state index in [1.54, 1.807) is 31.0 Å². The smallest absolute Gasteiger partial charge is 0.305 e. The predicted molar refractivity (Wildman–Crippen MR) is 175 cm³/mol. The number of likely N-dealkylation sites (tertiary alicyclic amines) is 1. The molecule has 7 rings (SSSR count). The van der Waals surface area contributed by atoms with Crippen LogP contribution in [-0.4, -0.2) is 51.7 Å². The lowest BCUT2D eigenvalue weighted by Gasteiger charge is -2.43. The Balaban J connectivity index is 1.16. The van der Waals surface area contributed by atoms with Crippen LogP contribution in [0.15, 0.2) is 46.2 Å². The van der Waals surface area contributed by atoms with Crippen LogP contribution in [-0.2, 0) is 21.0 Å². The second-order valence-corrected chi connectivity index (χ2v) is 15.5. The lowest BCUT2D eigenvalue weighted by molar-refractivity contribution is -0.141. The Labute approximate surface area is 283 Å². The SMILES string of the molecule is COc1cc(C2c3sc(=O)[nH]c3SC3C4CC(C5C(=O)N(CCCCCC(=O)O)C(=O)C45)C23)ccc1OCc1ccc(Cl)cc1Cl. The molecule has 2 N–H and O–H groups in total. The van der Waals surface area contributed by atoms with Crippen molar-refractivity contribution in [3.63, 3.8) is 0 Å². The molecule has 3 fully saturated rings. The molecule has 1 aromatic heterocycles. The maximum absolute atomic E-state index is 13.8. The number of carbonyl (C=O) groups excluding carboxylic acids is 2. The third-order valence-electron chi connectivity index (χ3n) is 10.0. The first-order valence-electron chi connectivity index (χ1n) is 15.4. The van der Waals surface area contributed by atoms with E-state index in [0.717, 1.165) is 27.5 Å². The van der Waals surface area contributed by atoms with E-state index in [1.165, 1.54) is 16.2 Å². The molecule has 2 aromatic carbocycles. The van der Waals surface area contributed by atoms with Crippen LogP contribution in [0.1, 0.15) is 54.0 Å². The molecule has 2 aliphatic heterocycles. The molecule has 4 aliphatic rings. The number of amides is 2. The summed E-state index contributed by atoms with van der Waals surface area (Å²) in [6, 6.07) is 11.1. The lowest BCUT2D eigenvalue weighted by Crippen LogP contribution is -2.42. The monoisotopic (exact) mass is 702 g/mol. The first kappa shape index (κ1) is 31.6. The number of hydrogen-bond acceptors (Lipinski definition) is 8. The number of benzene rings is 2. The van der Waals surface area contributed by atoms with Gasteiger partial charge >= 0.3 is 10.8 Å². The number of H-pyrrole nitrogens is 1. The van der Waals surface area contributed by atoms with Crippen LogP contribution in [0.4, 0.5) is 0 Å². The number of hydrogen-bond donors (Lipinski definition) is 2. The third kappa shape index (κ3) is 5.42. The number of aromatic amines is 1. The molecule has 2 amide bonds. The van der Waals surface area contributed by atoms with E-state index >= 15 is 0 Å². The fourth-order valence-electron chi connectivity index (χ4n) is 8.19. The van der Waals surface area contributed by atoms with Gasteiger partial charge in [0.15, 0.2) is 11.5 Å². The molecule has 242 valence electrons. The largest absolute Gasteiger partial charge is 0.493 e. The van der Waals surface area contributed by atoms with Gasteiger partial charge < -0.3 is 19.6 Å². The molecule has 9 nitrogen and oxygen atoms in total. The van der Waals surface area contributed by atoms with E-state index in [-0.39, 0.29) is 70.5 Å². The van der Waals surface area contributed by atoms with Gasteiger partial charge in [0, 0.05) is 44.6 Å². The van der Waals surface area contributed by atoms with Crippen molar-refractivity contribution >= 4 is 64.1 Å². The molecule has 1 saturated heterocycles. The Hall–Kier alpha value is -2.99. The number of halogens is 2. The fourth-order valence-corrected chi connectivity index (χ4v) is 11.5. The molecular weight excluding hydrogens is 671 g/mol. The van der Waals surface area contributed by atoms with E-state index < -0.39 is 5.97 Å². The van der Waals surface area contributed by atoms with Crippen molar-refractivity contribution in [3.8, 4) is 11.5 Å². The maximum Gasteiger partial charge on any atom is 0.305 e. The summed E-state index contributed by atoms with van der Waals surface area (Å²) in [5, 5.41) is 10.9. The van der Waals surface area contributed by atoms with Crippen molar-refractivity contribution in [1.29, 1.82) is 0 Å². The average Bonchev–Trinajstić information content (AvgIpc) is 3.76. The van der Waals surface area contributed by atoms with Gasteiger partial charge in [-0.15, -0.1) is 11.8 Å². The first-order chi connectivity index (χ1) is 22.2. The van der Waals surface area contributed by atoms with Crippen LogP contribution < -0.4 is 14.3 Å². The summed E-state index contributed by atoms with van der Waals surface area (Å²) in [6.07, 6.45) is 2.66. The Kier molecular flexibility index (Phi) is 8.63. The molecule has 13 heteroatoms. The summed E-state index contributed by atoms with van der Waals surface area (Å²) in [6.45, 7) is 0.551. The molecule has 0 radical (unpaired) electrons. The van der Waals surface area contributed by atoms with Gasteiger partial charge in [-0.25, -0.2) is 0 Å². The van der Waals surface area contributed by atoms with Crippen LogP contribution in [0.5, 0.6) is 11.5 Å². The standard InChI is InChI=1S/C33H32Cl2N2O7S2/c1-43-22-11-15(7-9-21(22)44-14-16-6-8-17(34)12-20(16)35)24-25-18-13-19(28(25)45-30-29(24)46-33(42)36-30)27-26(18)31(40)37(32(27)41)10-4-2-3-5-23(38)39/h6-9,11-12,18-19,24-28H,2-5,10,13-14H2,1H3,(H,36,42)(H,38,39). The quantitative estimate of drug-likeness (QED) is 0.173. The third-order valence-corrected chi connectivity index (χ3v) is 13.2. The number of unbranched alkanes of at least 4 members (excludes halogenated alkanes) is 2. The van der Waals surface area contributed by atoms with Crippen molar-refractivity contribution in [3.05, 3.63) is 72.1 Å². The van der Waals surface area contributed by atoms with Crippen molar-refractivity contribution in [1.82, 2.24) is 9.88 Å². The molecule has 2 saturated carbocycles. The molecule has 7 unspecified atom stereocenters. The topological polar surface area (TPSA) is 126 Å². The van der Waals surface area contributed by atoms with E-state index in [0.29, 0.717) is 47.4 Å². The first-order valence-corrected chi connectivity index (χ1v) is 17.8. The summed E-state index contributed by atoms with van der Waals surface area (Å²) in [5.74, 6) is -0.704. The highest BCUT2D eigenvalue weighted by atomic mass is 35.5. The number of ether oxygens (including phenoxy) is 2. The van der Waals surface area contributed by atoms with Crippen LogP contribution in [0.3, 0.4) is 0 Å². The minimum absolute atomic E-state index is 0.00489. The van der Waals surface area contributed by atoms with Gasteiger partial charge in [0.05, 0.1) is 24.0 Å². The summed E-state index contributed by atoms with van der Waals surface area (Å²) in [5.41, 5.74) is 1.75. The van der Waals surface area contributed by atoms with Gasteiger partial charge in [-0.1, -0.05) is 53.1 Å². The van der Waals surface area contributed by atoms with E-state index in [1.807, 2.05) is 24.3 Å². The number of rotatable bonds is 11. The van der Waals surface area contributed by atoms with E-state index in [9.17, 15) is 19.2 Å². The summed E-state index contributed by atoms with van der Waals surface area (Å²) >= 11 is 15.3. The van der Waals surface area contributed by atoms with Crippen molar-refractivity contribution in [2.24, 2.45) is 29.6 Å². The van der Waals surface area contributed by atoms with Gasteiger partial charge in [-0.2, -0.15) is 0 Å². The lowest BCUT2D eigenvalue weighted by atomic mass is 9.68. The second-order valence-electron chi connectivity index (χ2n) is 12.4. The highest BCUT2D eigenvalue weighted by Crippen LogP contribution is 2.68. The van der Waals surface area contributed by atoms with Crippen LogP contribution in [0.25, 0.3) is 0 Å².